The molecule has 0 saturated heterocycles. The van der Waals surface area contributed by atoms with E-state index in [4.69, 9.17) is 9.47 Å². The van der Waals surface area contributed by atoms with Crippen molar-refractivity contribution < 1.29 is 19.1 Å². The molecular weight excluding hydrogens is 370 g/mol. The molecule has 0 atom stereocenters. The molecule has 3 aromatic rings. The highest BCUT2D eigenvalue weighted by molar-refractivity contribution is 6.10. The van der Waals surface area contributed by atoms with Gasteiger partial charge in [0.05, 0.1) is 14.2 Å². The van der Waals surface area contributed by atoms with E-state index < -0.39 is 5.91 Å². The molecule has 0 aliphatic carbocycles. The van der Waals surface area contributed by atoms with Gasteiger partial charge >= 0.3 is 5.97 Å². The molecule has 3 rings (SSSR count). The highest BCUT2D eigenvalue weighted by atomic mass is 16.5. The lowest BCUT2D eigenvalue weighted by molar-refractivity contribution is -0.141. The Labute approximate surface area is 167 Å². The van der Waals surface area contributed by atoms with Crippen LogP contribution in [0.4, 0.5) is 5.69 Å². The van der Waals surface area contributed by atoms with Crippen LogP contribution in [0, 0.1) is 11.3 Å². The summed E-state index contributed by atoms with van der Waals surface area (Å²) < 4.78 is 11.5. The molecule has 0 aliphatic rings. The minimum Gasteiger partial charge on any atom is -0.497 e. The van der Waals surface area contributed by atoms with Crippen LogP contribution in [0.1, 0.15) is 5.56 Å². The highest BCUT2D eigenvalue weighted by Gasteiger charge is 2.14. The summed E-state index contributed by atoms with van der Waals surface area (Å²) in [5.74, 6) is -0.251. The van der Waals surface area contributed by atoms with Gasteiger partial charge in [-0.25, -0.2) is 0 Å². The van der Waals surface area contributed by atoms with Gasteiger partial charge in [0.2, 0.25) is 0 Å². The molecule has 29 heavy (non-hydrogen) atoms. The average molecular weight is 389 g/mol. The largest absolute Gasteiger partial charge is 0.497 e. The second-order valence-corrected chi connectivity index (χ2v) is 6.16. The number of esters is 1. The molecule has 0 radical (unpaired) electrons. The van der Waals surface area contributed by atoms with Gasteiger partial charge in [0.25, 0.3) is 5.91 Å². The van der Waals surface area contributed by atoms with Crippen molar-refractivity contribution in [2.75, 3.05) is 19.5 Å². The fourth-order valence-electron chi connectivity index (χ4n) is 2.90. The summed E-state index contributed by atoms with van der Waals surface area (Å²) in [5, 5.41) is 13.0. The van der Waals surface area contributed by atoms with Crippen molar-refractivity contribution in [2.45, 2.75) is 6.54 Å². The topological polar surface area (TPSA) is 93.4 Å². The van der Waals surface area contributed by atoms with Crippen molar-refractivity contribution in [3.63, 3.8) is 0 Å². The number of para-hydroxylation sites is 1. The number of ether oxygens (including phenoxy) is 2. The van der Waals surface area contributed by atoms with Gasteiger partial charge in [-0.2, -0.15) is 5.26 Å². The zero-order valence-electron chi connectivity index (χ0n) is 16.0. The van der Waals surface area contributed by atoms with Gasteiger partial charge in [-0.05, 0) is 36.4 Å². The molecule has 0 bridgehead atoms. The van der Waals surface area contributed by atoms with Crippen molar-refractivity contribution in [3.8, 4) is 11.8 Å². The molecule has 0 unspecified atom stereocenters. The number of anilines is 1. The molecule has 1 aromatic heterocycles. The number of fused-ring (bicyclic) bond motifs is 1. The summed E-state index contributed by atoms with van der Waals surface area (Å²) >= 11 is 0. The molecule has 0 fully saturated rings. The van der Waals surface area contributed by atoms with Gasteiger partial charge in [-0.3, -0.25) is 9.59 Å². The van der Waals surface area contributed by atoms with Crippen LogP contribution in [0.5, 0.6) is 5.75 Å². The maximum absolute atomic E-state index is 12.6. The van der Waals surface area contributed by atoms with Crippen LogP contribution in [-0.4, -0.2) is 30.7 Å². The summed E-state index contributed by atoms with van der Waals surface area (Å²) in [7, 11) is 2.88. The number of amides is 1. The van der Waals surface area contributed by atoms with E-state index in [0.717, 1.165) is 10.9 Å². The van der Waals surface area contributed by atoms with E-state index in [0.29, 0.717) is 17.0 Å². The number of carbonyl (C=O) groups is 2. The molecule has 0 aliphatic heterocycles. The number of methoxy groups -OCH3 is 2. The van der Waals surface area contributed by atoms with Gasteiger partial charge in [0.1, 0.15) is 23.9 Å². The Kier molecular flexibility index (Phi) is 5.95. The van der Waals surface area contributed by atoms with E-state index in [1.807, 2.05) is 30.3 Å². The molecule has 1 amide bonds. The second-order valence-electron chi connectivity index (χ2n) is 6.16. The highest BCUT2D eigenvalue weighted by Crippen LogP contribution is 2.24. The molecular formula is C22H19N3O4. The van der Waals surface area contributed by atoms with Crippen LogP contribution in [-0.2, 0) is 20.9 Å². The van der Waals surface area contributed by atoms with E-state index in [1.54, 1.807) is 42.1 Å². The maximum Gasteiger partial charge on any atom is 0.325 e. The Morgan fingerprint density at radius 1 is 1.14 bits per heavy atom. The third-order valence-corrected chi connectivity index (χ3v) is 4.36. The molecule has 7 nitrogen and oxygen atoms in total. The Morgan fingerprint density at radius 3 is 2.52 bits per heavy atom. The SMILES string of the molecule is COC(=O)Cn1cc(/C=C(/C#N)C(=O)Nc2ccc(OC)cc2)c2ccccc21. The minimum absolute atomic E-state index is 0.0325. The van der Waals surface area contributed by atoms with Crippen LogP contribution >= 0.6 is 0 Å². The lowest BCUT2D eigenvalue weighted by atomic mass is 10.1. The molecule has 0 spiro atoms. The average Bonchev–Trinajstić information content (AvgIpc) is 3.09. The van der Waals surface area contributed by atoms with Crippen molar-refractivity contribution >= 4 is 34.5 Å². The number of nitriles is 1. The van der Waals surface area contributed by atoms with E-state index in [1.165, 1.54) is 13.2 Å². The van der Waals surface area contributed by atoms with E-state index in [-0.39, 0.29) is 18.1 Å². The van der Waals surface area contributed by atoms with Gasteiger partial charge in [0.15, 0.2) is 0 Å². The summed E-state index contributed by atoms with van der Waals surface area (Å²) in [6.45, 7) is 0.0325. The van der Waals surface area contributed by atoms with Gasteiger partial charge < -0.3 is 19.4 Å². The quantitative estimate of drug-likeness (QED) is 0.396. The Morgan fingerprint density at radius 2 is 1.86 bits per heavy atom. The lowest BCUT2D eigenvalue weighted by Gasteiger charge is -2.05. The molecule has 1 heterocycles. The fourth-order valence-corrected chi connectivity index (χ4v) is 2.90. The number of benzene rings is 2. The van der Waals surface area contributed by atoms with Crippen LogP contribution in [0.2, 0.25) is 0 Å². The molecule has 2 aromatic carbocycles. The Hall–Kier alpha value is -4.05. The Balaban J connectivity index is 1.91. The van der Waals surface area contributed by atoms with Crippen LogP contribution < -0.4 is 10.1 Å². The fraction of sp³-hybridized carbons (Fsp3) is 0.136. The van der Waals surface area contributed by atoms with E-state index in [2.05, 4.69) is 5.32 Å². The van der Waals surface area contributed by atoms with Gasteiger partial charge in [0, 0.05) is 28.4 Å². The van der Waals surface area contributed by atoms with Crippen molar-refractivity contribution in [2.24, 2.45) is 0 Å². The third-order valence-electron chi connectivity index (χ3n) is 4.36. The van der Waals surface area contributed by atoms with Crippen LogP contribution in [0.3, 0.4) is 0 Å². The van der Waals surface area contributed by atoms with E-state index >= 15 is 0 Å². The zero-order valence-corrected chi connectivity index (χ0v) is 16.0. The molecule has 146 valence electrons. The first-order valence-electron chi connectivity index (χ1n) is 8.77. The number of nitrogens with zero attached hydrogens (tertiary/aromatic N) is 2. The van der Waals surface area contributed by atoms with E-state index in [9.17, 15) is 14.9 Å². The zero-order chi connectivity index (χ0) is 20.8. The monoisotopic (exact) mass is 389 g/mol. The normalized spacial score (nSPS) is 11.0. The summed E-state index contributed by atoms with van der Waals surface area (Å²) in [6, 6.07) is 16.2. The van der Waals surface area contributed by atoms with Gasteiger partial charge in [-0.15, -0.1) is 0 Å². The first-order chi connectivity index (χ1) is 14.0. The van der Waals surface area contributed by atoms with Crippen molar-refractivity contribution in [1.29, 1.82) is 5.26 Å². The number of nitrogens with one attached hydrogen (secondary N) is 1. The van der Waals surface area contributed by atoms with Crippen molar-refractivity contribution in [3.05, 3.63) is 65.9 Å². The smallest absolute Gasteiger partial charge is 0.325 e. The van der Waals surface area contributed by atoms with Gasteiger partial charge in [-0.1, -0.05) is 18.2 Å². The number of hydrogen-bond donors (Lipinski definition) is 1. The molecule has 1 N–H and O–H groups in total. The first kappa shape index (κ1) is 19.7. The number of carbonyl (C=O) groups excluding carboxylic acids is 2. The predicted molar refractivity (Wildman–Crippen MR) is 109 cm³/mol. The minimum atomic E-state index is -0.525. The third kappa shape index (κ3) is 4.45. The second kappa shape index (κ2) is 8.76. The number of rotatable bonds is 6. The van der Waals surface area contributed by atoms with Crippen LogP contribution in [0.15, 0.2) is 60.3 Å². The van der Waals surface area contributed by atoms with Crippen LogP contribution in [0.25, 0.3) is 17.0 Å². The maximum atomic E-state index is 12.6. The summed E-state index contributed by atoms with van der Waals surface area (Å²) in [4.78, 5) is 24.2. The lowest BCUT2D eigenvalue weighted by Crippen LogP contribution is -2.13. The summed E-state index contributed by atoms with van der Waals surface area (Å²) in [6.07, 6.45) is 3.23. The molecule has 0 saturated carbocycles. The molecule has 7 heteroatoms. The van der Waals surface area contributed by atoms with Crippen molar-refractivity contribution in [1.82, 2.24) is 4.57 Å². The summed E-state index contributed by atoms with van der Waals surface area (Å²) in [5.41, 5.74) is 1.95. The Bertz CT molecular complexity index is 1120. The number of aromatic nitrogens is 1. The number of hydrogen-bond acceptors (Lipinski definition) is 5. The standard InChI is InChI=1S/C22H19N3O4/c1-28-18-9-7-17(8-10-18)24-22(27)15(12-23)11-16-13-25(14-21(26)29-2)20-6-4-3-5-19(16)20/h3-11,13H,14H2,1-2H3,(H,24,27)/b15-11-. The first-order valence-corrected chi connectivity index (χ1v) is 8.77. The predicted octanol–water partition coefficient (Wildman–Crippen LogP) is 3.37.